The van der Waals surface area contributed by atoms with Crippen LogP contribution in [0.15, 0.2) is 60.7 Å². The summed E-state index contributed by atoms with van der Waals surface area (Å²) in [6.07, 6.45) is 0.0372. The maximum atomic E-state index is 12.2. The van der Waals surface area contributed by atoms with Gasteiger partial charge < -0.3 is 14.8 Å². The van der Waals surface area contributed by atoms with Crippen LogP contribution in [-0.2, 0) is 20.7 Å². The minimum atomic E-state index is -0.580. The molecular formula is C21H18N2O6. The molecule has 0 unspecified atom stereocenters. The van der Waals surface area contributed by atoms with Crippen LogP contribution in [-0.4, -0.2) is 30.5 Å². The Kier molecular flexibility index (Phi) is 6.03. The maximum Gasteiger partial charge on any atom is 0.310 e. The van der Waals surface area contributed by atoms with Crippen molar-refractivity contribution in [3.63, 3.8) is 0 Å². The van der Waals surface area contributed by atoms with Crippen molar-refractivity contribution < 1.29 is 24.0 Å². The lowest BCUT2D eigenvalue weighted by molar-refractivity contribution is -0.384. The topological polar surface area (TPSA) is 108 Å². The van der Waals surface area contributed by atoms with Gasteiger partial charge in [0.05, 0.1) is 30.2 Å². The van der Waals surface area contributed by atoms with Crippen molar-refractivity contribution >= 4 is 34.0 Å². The Hall–Kier alpha value is -3.94. The standard InChI is InChI=1S/C21H18N2O6/c1-28-19-12-16(23(26)27)9-10-18(19)22-20(24)13-29-21(25)11-15-7-4-6-14-5-2-3-8-17(14)15/h2-10,12H,11,13H2,1H3,(H,22,24). The number of esters is 1. The molecule has 8 heteroatoms. The van der Waals surface area contributed by atoms with Gasteiger partial charge in [0.25, 0.3) is 11.6 Å². The van der Waals surface area contributed by atoms with Crippen molar-refractivity contribution in [2.75, 3.05) is 19.0 Å². The predicted molar refractivity (Wildman–Crippen MR) is 107 cm³/mol. The number of hydrogen-bond donors (Lipinski definition) is 1. The fraction of sp³-hybridized carbons (Fsp3) is 0.143. The molecule has 29 heavy (non-hydrogen) atoms. The van der Waals surface area contributed by atoms with E-state index in [1.165, 1.54) is 25.3 Å². The largest absolute Gasteiger partial charge is 0.494 e. The Balaban J connectivity index is 1.59. The van der Waals surface area contributed by atoms with Gasteiger partial charge in [-0.05, 0) is 22.4 Å². The van der Waals surface area contributed by atoms with E-state index < -0.39 is 23.4 Å². The van der Waals surface area contributed by atoms with Gasteiger partial charge in [-0.1, -0.05) is 42.5 Å². The number of nitro benzene ring substituents is 1. The zero-order chi connectivity index (χ0) is 20.8. The van der Waals surface area contributed by atoms with Crippen LogP contribution < -0.4 is 10.1 Å². The first-order chi connectivity index (χ1) is 14.0. The molecule has 0 saturated carbocycles. The highest BCUT2D eigenvalue weighted by atomic mass is 16.6. The van der Waals surface area contributed by atoms with Crippen LogP contribution in [0.4, 0.5) is 11.4 Å². The predicted octanol–water partition coefficient (Wildman–Crippen LogP) is 3.48. The van der Waals surface area contributed by atoms with Gasteiger partial charge in [0, 0.05) is 6.07 Å². The molecule has 0 atom stereocenters. The van der Waals surface area contributed by atoms with E-state index in [4.69, 9.17) is 9.47 Å². The Morgan fingerprint density at radius 2 is 1.83 bits per heavy atom. The van der Waals surface area contributed by atoms with Gasteiger partial charge in [0.2, 0.25) is 0 Å². The summed E-state index contributed by atoms with van der Waals surface area (Å²) >= 11 is 0. The first-order valence-electron chi connectivity index (χ1n) is 8.72. The van der Waals surface area contributed by atoms with Crippen molar-refractivity contribution in [2.24, 2.45) is 0 Å². The molecule has 148 valence electrons. The minimum Gasteiger partial charge on any atom is -0.494 e. The lowest BCUT2D eigenvalue weighted by Crippen LogP contribution is -2.22. The van der Waals surface area contributed by atoms with E-state index in [-0.39, 0.29) is 23.5 Å². The van der Waals surface area contributed by atoms with Gasteiger partial charge >= 0.3 is 5.97 Å². The third-order valence-electron chi connectivity index (χ3n) is 4.25. The van der Waals surface area contributed by atoms with Crippen molar-refractivity contribution in [3.05, 3.63) is 76.3 Å². The van der Waals surface area contributed by atoms with Crippen LogP contribution in [0.25, 0.3) is 10.8 Å². The Labute approximate surface area is 166 Å². The number of ether oxygens (including phenoxy) is 2. The summed E-state index contributed by atoms with van der Waals surface area (Å²) in [5.74, 6) is -0.981. The first kappa shape index (κ1) is 19.8. The zero-order valence-corrected chi connectivity index (χ0v) is 15.6. The second-order valence-electron chi connectivity index (χ2n) is 6.17. The molecule has 0 aromatic heterocycles. The molecule has 1 amide bonds. The maximum absolute atomic E-state index is 12.2. The lowest BCUT2D eigenvalue weighted by Gasteiger charge is -2.11. The van der Waals surface area contributed by atoms with E-state index in [0.717, 1.165) is 16.3 Å². The SMILES string of the molecule is COc1cc([N+](=O)[O-])ccc1NC(=O)COC(=O)Cc1cccc2ccccc12. The van der Waals surface area contributed by atoms with Gasteiger partial charge in [-0.2, -0.15) is 0 Å². The summed E-state index contributed by atoms with van der Waals surface area (Å²) in [6, 6.07) is 17.1. The highest BCUT2D eigenvalue weighted by molar-refractivity contribution is 5.95. The lowest BCUT2D eigenvalue weighted by atomic mass is 10.0. The summed E-state index contributed by atoms with van der Waals surface area (Å²) in [7, 11) is 1.33. The number of nitrogens with zero attached hydrogens (tertiary/aromatic N) is 1. The number of nitrogens with one attached hydrogen (secondary N) is 1. The van der Waals surface area contributed by atoms with E-state index in [2.05, 4.69) is 5.32 Å². The van der Waals surface area contributed by atoms with Crippen LogP contribution in [0.2, 0.25) is 0 Å². The number of amides is 1. The summed E-state index contributed by atoms with van der Waals surface area (Å²) < 4.78 is 10.1. The van der Waals surface area contributed by atoms with Crippen molar-refractivity contribution in [2.45, 2.75) is 6.42 Å². The molecule has 3 aromatic carbocycles. The van der Waals surface area contributed by atoms with Crippen LogP contribution in [0, 0.1) is 10.1 Å². The number of benzene rings is 3. The molecule has 0 aliphatic carbocycles. The number of non-ortho nitro benzene ring substituents is 1. The van der Waals surface area contributed by atoms with Gasteiger partial charge in [0.15, 0.2) is 6.61 Å². The van der Waals surface area contributed by atoms with E-state index in [9.17, 15) is 19.7 Å². The van der Waals surface area contributed by atoms with Gasteiger partial charge in [-0.3, -0.25) is 19.7 Å². The van der Waals surface area contributed by atoms with Crippen LogP contribution in [0.1, 0.15) is 5.56 Å². The minimum absolute atomic E-state index is 0.0372. The number of carbonyl (C=O) groups excluding carboxylic acids is 2. The van der Waals surface area contributed by atoms with Gasteiger partial charge in [-0.15, -0.1) is 0 Å². The molecule has 0 fully saturated rings. The van der Waals surface area contributed by atoms with Crippen LogP contribution >= 0.6 is 0 Å². The number of anilines is 1. The highest BCUT2D eigenvalue weighted by Gasteiger charge is 2.15. The molecule has 0 aliphatic heterocycles. The van der Waals surface area contributed by atoms with Crippen molar-refractivity contribution in [1.82, 2.24) is 0 Å². The van der Waals surface area contributed by atoms with E-state index in [1.807, 2.05) is 42.5 Å². The normalized spacial score (nSPS) is 10.4. The van der Waals surface area contributed by atoms with Gasteiger partial charge in [-0.25, -0.2) is 0 Å². The fourth-order valence-corrected chi connectivity index (χ4v) is 2.88. The molecule has 0 spiro atoms. The summed E-state index contributed by atoms with van der Waals surface area (Å²) in [4.78, 5) is 34.5. The molecule has 0 bridgehead atoms. The smallest absolute Gasteiger partial charge is 0.310 e. The molecule has 0 radical (unpaired) electrons. The quantitative estimate of drug-likeness (QED) is 0.373. The average Bonchev–Trinajstić information content (AvgIpc) is 2.72. The Morgan fingerprint density at radius 1 is 1.07 bits per heavy atom. The number of methoxy groups -OCH3 is 1. The molecule has 0 heterocycles. The van der Waals surface area contributed by atoms with E-state index in [0.29, 0.717) is 0 Å². The number of rotatable bonds is 7. The zero-order valence-electron chi connectivity index (χ0n) is 15.6. The molecule has 3 aromatic rings. The first-order valence-corrected chi connectivity index (χ1v) is 8.72. The summed E-state index contributed by atoms with van der Waals surface area (Å²) in [6.45, 7) is -0.482. The molecule has 1 N–H and O–H groups in total. The Bertz CT molecular complexity index is 1070. The molecule has 0 saturated heterocycles. The molecule has 3 rings (SSSR count). The van der Waals surface area contributed by atoms with Crippen LogP contribution in [0.5, 0.6) is 5.75 Å². The average molecular weight is 394 g/mol. The molecule has 0 aliphatic rings. The molecule has 8 nitrogen and oxygen atoms in total. The number of carbonyl (C=O) groups is 2. The number of hydrogen-bond acceptors (Lipinski definition) is 6. The number of fused-ring (bicyclic) bond motifs is 1. The Morgan fingerprint density at radius 3 is 2.59 bits per heavy atom. The highest BCUT2D eigenvalue weighted by Crippen LogP contribution is 2.28. The molecular weight excluding hydrogens is 376 g/mol. The van der Waals surface area contributed by atoms with Crippen molar-refractivity contribution in [1.29, 1.82) is 0 Å². The third-order valence-corrected chi connectivity index (χ3v) is 4.25. The number of nitro groups is 1. The summed E-state index contributed by atoms with van der Waals surface area (Å²) in [5.41, 5.74) is 0.889. The second-order valence-corrected chi connectivity index (χ2v) is 6.17. The van der Waals surface area contributed by atoms with E-state index in [1.54, 1.807) is 0 Å². The van der Waals surface area contributed by atoms with E-state index >= 15 is 0 Å². The fourth-order valence-electron chi connectivity index (χ4n) is 2.88. The van der Waals surface area contributed by atoms with Crippen molar-refractivity contribution in [3.8, 4) is 5.75 Å². The summed E-state index contributed by atoms with van der Waals surface area (Å²) in [5, 5.41) is 15.3. The third kappa shape index (κ3) is 4.86. The second kappa shape index (κ2) is 8.83. The van der Waals surface area contributed by atoms with Gasteiger partial charge in [0.1, 0.15) is 5.75 Å². The van der Waals surface area contributed by atoms with Crippen LogP contribution in [0.3, 0.4) is 0 Å². The monoisotopic (exact) mass is 394 g/mol.